The number of nitrogens with one attached hydrogen (secondary N) is 2. The lowest BCUT2D eigenvalue weighted by Crippen LogP contribution is -2.36. The summed E-state index contributed by atoms with van der Waals surface area (Å²) < 4.78 is 24.7. The maximum Gasteiger partial charge on any atom is 0.255 e. The second kappa shape index (κ2) is 5.56. The van der Waals surface area contributed by atoms with Gasteiger partial charge in [-0.1, -0.05) is 0 Å². The van der Waals surface area contributed by atoms with Crippen LogP contribution in [0, 0.1) is 0 Å². The summed E-state index contributed by atoms with van der Waals surface area (Å²) >= 11 is 4.77. The number of nitrogens with zero attached hydrogens (tertiary/aromatic N) is 1. The van der Waals surface area contributed by atoms with Gasteiger partial charge in [0.2, 0.25) is 0 Å². The summed E-state index contributed by atoms with van der Waals surface area (Å²) in [5, 5.41) is 4.79. The summed E-state index contributed by atoms with van der Waals surface area (Å²) in [7, 11) is -0.188. The topological polar surface area (TPSA) is 61.4 Å². The van der Waals surface area contributed by atoms with Crippen molar-refractivity contribution in [3.63, 3.8) is 0 Å². The SMILES string of the molecule is CN(C)NS(=O)(=O)c1cc(CNC2CC2)sc1Br. The van der Waals surface area contributed by atoms with E-state index in [2.05, 4.69) is 26.1 Å². The molecule has 5 nitrogen and oxygen atoms in total. The van der Waals surface area contributed by atoms with Crippen molar-refractivity contribution in [2.45, 2.75) is 30.3 Å². The molecule has 0 radical (unpaired) electrons. The predicted octanol–water partition coefficient (Wildman–Crippen LogP) is 1.52. The van der Waals surface area contributed by atoms with Crippen LogP contribution in [0.25, 0.3) is 0 Å². The second-order valence-corrected chi connectivity index (χ2v) is 8.58. The first-order chi connectivity index (χ1) is 8.38. The zero-order valence-electron chi connectivity index (χ0n) is 10.2. The van der Waals surface area contributed by atoms with Gasteiger partial charge < -0.3 is 5.32 Å². The van der Waals surface area contributed by atoms with E-state index in [1.165, 1.54) is 29.2 Å². The molecule has 0 saturated heterocycles. The first kappa shape index (κ1) is 14.4. The molecular weight excluding hydrogens is 338 g/mol. The van der Waals surface area contributed by atoms with Crippen LogP contribution in [-0.4, -0.2) is 33.6 Å². The van der Waals surface area contributed by atoms with Crippen molar-refractivity contribution in [2.24, 2.45) is 0 Å². The van der Waals surface area contributed by atoms with Gasteiger partial charge in [-0.05, 0) is 34.8 Å². The summed E-state index contributed by atoms with van der Waals surface area (Å²) in [5.74, 6) is 0. The fourth-order valence-electron chi connectivity index (χ4n) is 1.49. The van der Waals surface area contributed by atoms with Crippen LogP contribution in [0.3, 0.4) is 0 Å². The number of hydrazine groups is 1. The minimum Gasteiger partial charge on any atom is -0.309 e. The molecule has 102 valence electrons. The molecule has 18 heavy (non-hydrogen) atoms. The third kappa shape index (κ3) is 3.75. The maximum atomic E-state index is 12.0. The highest BCUT2D eigenvalue weighted by Crippen LogP contribution is 2.32. The highest BCUT2D eigenvalue weighted by atomic mass is 79.9. The van der Waals surface area contributed by atoms with Crippen LogP contribution >= 0.6 is 27.3 Å². The lowest BCUT2D eigenvalue weighted by Gasteiger charge is -2.11. The van der Waals surface area contributed by atoms with E-state index in [9.17, 15) is 8.42 Å². The van der Waals surface area contributed by atoms with E-state index in [-0.39, 0.29) is 0 Å². The highest BCUT2D eigenvalue weighted by molar-refractivity contribution is 9.11. The van der Waals surface area contributed by atoms with E-state index in [1.54, 1.807) is 20.2 Å². The Bertz CT molecular complexity index is 523. The van der Waals surface area contributed by atoms with Gasteiger partial charge in [0, 0.05) is 31.6 Å². The zero-order valence-corrected chi connectivity index (χ0v) is 13.5. The first-order valence-corrected chi connectivity index (χ1v) is 8.69. The minimum atomic E-state index is -3.48. The average molecular weight is 354 g/mol. The van der Waals surface area contributed by atoms with Crippen LogP contribution in [0.1, 0.15) is 17.7 Å². The molecule has 1 aromatic heterocycles. The number of hydrogen-bond acceptors (Lipinski definition) is 5. The molecule has 2 N–H and O–H groups in total. The lowest BCUT2D eigenvalue weighted by molar-refractivity contribution is 0.364. The average Bonchev–Trinajstić information content (AvgIpc) is 2.97. The monoisotopic (exact) mass is 353 g/mol. The molecule has 0 bridgehead atoms. The van der Waals surface area contributed by atoms with E-state index in [1.807, 2.05) is 0 Å². The Hall–Kier alpha value is 0.01000. The zero-order chi connectivity index (χ0) is 13.3. The minimum absolute atomic E-state index is 0.300. The Morgan fingerprint density at radius 3 is 2.72 bits per heavy atom. The molecule has 2 rings (SSSR count). The molecule has 1 fully saturated rings. The third-order valence-electron chi connectivity index (χ3n) is 2.44. The van der Waals surface area contributed by atoms with E-state index < -0.39 is 10.0 Å². The fourth-order valence-corrected chi connectivity index (χ4v) is 5.21. The van der Waals surface area contributed by atoms with Gasteiger partial charge in [-0.15, -0.1) is 16.2 Å². The van der Waals surface area contributed by atoms with Crippen molar-refractivity contribution in [1.82, 2.24) is 15.2 Å². The fraction of sp³-hybridized carbons (Fsp3) is 0.600. The van der Waals surface area contributed by atoms with Crippen molar-refractivity contribution in [3.8, 4) is 0 Å². The summed E-state index contributed by atoms with van der Waals surface area (Å²) in [6.45, 7) is 0.728. The number of hydrogen-bond donors (Lipinski definition) is 2. The van der Waals surface area contributed by atoms with Crippen LogP contribution in [0.4, 0.5) is 0 Å². The molecule has 1 aliphatic rings. The van der Waals surface area contributed by atoms with Gasteiger partial charge in [0.05, 0.1) is 3.79 Å². The Labute approximate surface area is 120 Å². The van der Waals surface area contributed by atoms with Gasteiger partial charge >= 0.3 is 0 Å². The van der Waals surface area contributed by atoms with Gasteiger partial charge in [-0.2, -0.15) is 0 Å². The van der Waals surface area contributed by atoms with Crippen LogP contribution < -0.4 is 10.1 Å². The van der Waals surface area contributed by atoms with Crippen LogP contribution in [0.15, 0.2) is 14.7 Å². The lowest BCUT2D eigenvalue weighted by atomic mass is 10.4. The van der Waals surface area contributed by atoms with E-state index in [4.69, 9.17) is 0 Å². The van der Waals surface area contributed by atoms with Crippen molar-refractivity contribution < 1.29 is 8.42 Å². The summed E-state index contributed by atoms with van der Waals surface area (Å²) in [5.41, 5.74) is 0. The molecule has 0 aliphatic heterocycles. The molecule has 0 aromatic carbocycles. The molecule has 0 spiro atoms. The van der Waals surface area contributed by atoms with Crippen LogP contribution in [0.5, 0.6) is 0 Å². The summed E-state index contributed by atoms with van der Waals surface area (Å²) in [4.78, 5) is 3.75. The molecule has 1 saturated carbocycles. The van der Waals surface area contributed by atoms with Gasteiger partial charge in [0.15, 0.2) is 0 Å². The largest absolute Gasteiger partial charge is 0.309 e. The van der Waals surface area contributed by atoms with Crippen LogP contribution in [-0.2, 0) is 16.6 Å². The number of halogens is 1. The highest BCUT2D eigenvalue weighted by Gasteiger charge is 2.23. The Balaban J connectivity index is 2.12. The number of rotatable bonds is 6. The quantitative estimate of drug-likeness (QED) is 0.761. The number of sulfonamides is 1. The van der Waals surface area contributed by atoms with Crippen molar-refractivity contribution in [1.29, 1.82) is 0 Å². The van der Waals surface area contributed by atoms with E-state index >= 15 is 0 Å². The van der Waals surface area contributed by atoms with Gasteiger partial charge in [-0.3, -0.25) is 0 Å². The molecule has 0 unspecified atom stereocenters. The van der Waals surface area contributed by atoms with Gasteiger partial charge in [0.1, 0.15) is 4.90 Å². The summed E-state index contributed by atoms with van der Waals surface area (Å²) in [6, 6.07) is 2.33. The van der Waals surface area contributed by atoms with E-state index in [0.717, 1.165) is 11.4 Å². The summed E-state index contributed by atoms with van der Waals surface area (Å²) in [6.07, 6.45) is 2.44. The van der Waals surface area contributed by atoms with Crippen molar-refractivity contribution in [3.05, 3.63) is 14.7 Å². The van der Waals surface area contributed by atoms with Gasteiger partial charge in [0.25, 0.3) is 10.0 Å². The molecular formula is C10H16BrN3O2S2. The van der Waals surface area contributed by atoms with Crippen molar-refractivity contribution >= 4 is 37.3 Å². The van der Waals surface area contributed by atoms with Crippen LogP contribution in [0.2, 0.25) is 0 Å². The number of thiophene rings is 1. The second-order valence-electron chi connectivity index (χ2n) is 4.49. The molecule has 8 heteroatoms. The predicted molar refractivity (Wildman–Crippen MR) is 75.9 cm³/mol. The Morgan fingerprint density at radius 1 is 1.50 bits per heavy atom. The Kier molecular flexibility index (Phi) is 4.45. The smallest absolute Gasteiger partial charge is 0.255 e. The standard InChI is InChI=1S/C10H16BrN3O2S2/c1-14(2)13-18(15,16)9-5-8(17-10(9)11)6-12-7-3-4-7/h5,7,12-13H,3-4,6H2,1-2H3. The molecule has 0 atom stereocenters. The third-order valence-corrected chi connectivity index (χ3v) is 6.18. The first-order valence-electron chi connectivity index (χ1n) is 5.60. The maximum absolute atomic E-state index is 12.0. The van der Waals surface area contributed by atoms with Crippen molar-refractivity contribution in [2.75, 3.05) is 14.1 Å². The van der Waals surface area contributed by atoms with E-state index in [0.29, 0.717) is 14.7 Å². The molecule has 0 amide bonds. The normalized spacial score (nSPS) is 16.4. The van der Waals surface area contributed by atoms with Gasteiger partial charge in [-0.25, -0.2) is 13.4 Å². The molecule has 1 aliphatic carbocycles. The molecule has 1 heterocycles. The Morgan fingerprint density at radius 2 is 2.17 bits per heavy atom. The molecule has 1 aromatic rings.